The molecule has 0 saturated carbocycles. The molecule has 1 aromatic heterocycles. The zero-order valence-electron chi connectivity index (χ0n) is 10.2. The molecule has 1 N–H and O–H groups in total. The Morgan fingerprint density at radius 3 is 2.76 bits per heavy atom. The number of hydrogen-bond acceptors (Lipinski definition) is 1. The fraction of sp³-hybridized carbons (Fsp3) is 0.286. The average molecular weight is 340 g/mol. The predicted molar refractivity (Wildman–Crippen MR) is 81.3 cm³/mol. The topological polar surface area (TPSA) is 17.0 Å². The minimum atomic E-state index is 0.883. The molecule has 0 bridgehead atoms. The van der Waals surface area contributed by atoms with Crippen molar-refractivity contribution in [2.24, 2.45) is 0 Å². The maximum atomic E-state index is 3.48. The van der Waals surface area contributed by atoms with Crippen molar-refractivity contribution in [1.29, 1.82) is 0 Å². The molecule has 1 heterocycles. The first-order valence-electron chi connectivity index (χ1n) is 5.83. The number of anilines is 1. The second-order valence-electron chi connectivity index (χ2n) is 4.16. The van der Waals surface area contributed by atoms with Crippen LogP contribution >= 0.6 is 22.6 Å². The molecule has 0 radical (unpaired) electrons. The molecule has 90 valence electrons. The number of halogens is 1. The number of aryl methyl sites for hydroxylation is 2. The van der Waals surface area contributed by atoms with E-state index in [-0.39, 0.29) is 0 Å². The van der Waals surface area contributed by atoms with E-state index in [1.807, 2.05) is 0 Å². The molecule has 0 aliphatic heterocycles. The Bertz CT molecular complexity index is 503. The molecular formula is C14H17IN2. The van der Waals surface area contributed by atoms with E-state index in [1.165, 1.54) is 20.4 Å². The molecule has 0 aliphatic rings. The molecule has 2 rings (SSSR count). The molecule has 1 aromatic carbocycles. The van der Waals surface area contributed by atoms with Crippen molar-refractivity contribution in [1.82, 2.24) is 4.57 Å². The van der Waals surface area contributed by atoms with Crippen molar-refractivity contribution in [3.8, 4) is 0 Å². The summed E-state index contributed by atoms with van der Waals surface area (Å²) < 4.78 is 3.47. The number of nitrogens with zero attached hydrogens (tertiary/aromatic N) is 1. The summed E-state index contributed by atoms with van der Waals surface area (Å²) in [6, 6.07) is 8.64. The summed E-state index contributed by atoms with van der Waals surface area (Å²) in [6.45, 7) is 6.21. The quantitative estimate of drug-likeness (QED) is 0.832. The predicted octanol–water partition coefficient (Wildman–Crippen LogP) is 4.03. The van der Waals surface area contributed by atoms with E-state index in [9.17, 15) is 0 Å². The number of rotatable bonds is 4. The van der Waals surface area contributed by atoms with Gasteiger partial charge in [0.2, 0.25) is 0 Å². The van der Waals surface area contributed by atoms with Gasteiger partial charge in [0, 0.05) is 34.7 Å². The Morgan fingerprint density at radius 1 is 1.29 bits per heavy atom. The summed E-state index contributed by atoms with van der Waals surface area (Å²) in [6.07, 6.45) is 4.31. The van der Waals surface area contributed by atoms with Gasteiger partial charge in [-0.15, -0.1) is 0 Å². The lowest BCUT2D eigenvalue weighted by atomic mass is 10.2. The third-order valence-corrected chi connectivity index (χ3v) is 3.52. The highest BCUT2D eigenvalue weighted by Crippen LogP contribution is 2.18. The summed E-state index contributed by atoms with van der Waals surface area (Å²) in [5, 5.41) is 3.48. The SMILES string of the molecule is CCn1ccc(CNc2ccc(I)cc2C)c1. The molecule has 0 atom stereocenters. The smallest absolute Gasteiger partial charge is 0.0415 e. The molecular weight excluding hydrogens is 323 g/mol. The molecule has 3 heteroatoms. The summed E-state index contributed by atoms with van der Waals surface area (Å²) in [5.41, 5.74) is 3.84. The number of nitrogens with one attached hydrogen (secondary N) is 1. The molecule has 0 unspecified atom stereocenters. The largest absolute Gasteiger partial charge is 0.381 e. The van der Waals surface area contributed by atoms with Gasteiger partial charge in [0.15, 0.2) is 0 Å². The van der Waals surface area contributed by atoms with Gasteiger partial charge in [0.25, 0.3) is 0 Å². The number of aromatic nitrogens is 1. The van der Waals surface area contributed by atoms with Crippen molar-refractivity contribution in [3.63, 3.8) is 0 Å². The maximum Gasteiger partial charge on any atom is 0.0415 e. The zero-order chi connectivity index (χ0) is 12.3. The van der Waals surface area contributed by atoms with E-state index in [4.69, 9.17) is 0 Å². The van der Waals surface area contributed by atoms with E-state index in [0.29, 0.717) is 0 Å². The molecule has 2 nitrogen and oxygen atoms in total. The second kappa shape index (κ2) is 5.58. The van der Waals surface area contributed by atoms with Crippen LogP contribution in [0.2, 0.25) is 0 Å². The monoisotopic (exact) mass is 340 g/mol. The third kappa shape index (κ3) is 3.25. The molecule has 0 aliphatic carbocycles. The van der Waals surface area contributed by atoms with Crippen LogP contribution in [0.15, 0.2) is 36.7 Å². The highest BCUT2D eigenvalue weighted by atomic mass is 127. The van der Waals surface area contributed by atoms with Crippen LogP contribution in [0.4, 0.5) is 5.69 Å². The van der Waals surface area contributed by atoms with Crippen LogP contribution in [0.5, 0.6) is 0 Å². The van der Waals surface area contributed by atoms with Crippen molar-refractivity contribution in [2.45, 2.75) is 26.9 Å². The first-order chi connectivity index (χ1) is 8.19. The van der Waals surface area contributed by atoms with Gasteiger partial charge in [-0.3, -0.25) is 0 Å². The Labute approximate surface area is 116 Å². The fourth-order valence-electron chi connectivity index (χ4n) is 1.81. The third-order valence-electron chi connectivity index (χ3n) is 2.85. The Morgan fingerprint density at radius 2 is 2.12 bits per heavy atom. The molecule has 0 saturated heterocycles. The normalized spacial score (nSPS) is 10.5. The van der Waals surface area contributed by atoms with Gasteiger partial charge >= 0.3 is 0 Å². The summed E-state index contributed by atoms with van der Waals surface area (Å²) in [7, 11) is 0. The van der Waals surface area contributed by atoms with Crippen molar-refractivity contribution < 1.29 is 0 Å². The second-order valence-corrected chi connectivity index (χ2v) is 5.41. The zero-order valence-corrected chi connectivity index (χ0v) is 12.4. The van der Waals surface area contributed by atoms with E-state index in [0.717, 1.165) is 13.1 Å². The maximum absolute atomic E-state index is 3.48. The summed E-state index contributed by atoms with van der Waals surface area (Å²) in [5.74, 6) is 0. The average Bonchev–Trinajstić information content (AvgIpc) is 2.76. The van der Waals surface area contributed by atoms with Gasteiger partial charge in [-0.25, -0.2) is 0 Å². The van der Waals surface area contributed by atoms with Crippen LogP contribution in [-0.2, 0) is 13.1 Å². The van der Waals surface area contributed by atoms with E-state index < -0.39 is 0 Å². The first-order valence-corrected chi connectivity index (χ1v) is 6.91. The highest BCUT2D eigenvalue weighted by molar-refractivity contribution is 14.1. The van der Waals surface area contributed by atoms with Crippen LogP contribution in [0.1, 0.15) is 18.1 Å². The minimum Gasteiger partial charge on any atom is -0.381 e. The Hall–Kier alpha value is -0.970. The molecule has 2 aromatic rings. The van der Waals surface area contributed by atoms with Gasteiger partial charge in [0.1, 0.15) is 0 Å². The van der Waals surface area contributed by atoms with Gasteiger partial charge in [-0.1, -0.05) is 0 Å². The van der Waals surface area contributed by atoms with E-state index in [1.54, 1.807) is 0 Å². The minimum absolute atomic E-state index is 0.883. The number of benzene rings is 1. The fourth-order valence-corrected chi connectivity index (χ4v) is 2.46. The van der Waals surface area contributed by atoms with E-state index >= 15 is 0 Å². The Balaban J connectivity index is 2.02. The lowest BCUT2D eigenvalue weighted by molar-refractivity contribution is 0.766. The highest BCUT2D eigenvalue weighted by Gasteiger charge is 2.00. The summed E-state index contributed by atoms with van der Waals surface area (Å²) >= 11 is 2.34. The van der Waals surface area contributed by atoms with Gasteiger partial charge < -0.3 is 9.88 Å². The summed E-state index contributed by atoms with van der Waals surface area (Å²) in [4.78, 5) is 0. The lowest BCUT2D eigenvalue weighted by Gasteiger charge is -2.08. The molecule has 0 fully saturated rings. The van der Waals surface area contributed by atoms with Crippen molar-refractivity contribution >= 4 is 28.3 Å². The number of hydrogen-bond donors (Lipinski definition) is 1. The van der Waals surface area contributed by atoms with E-state index in [2.05, 4.69) is 83.0 Å². The molecule has 0 spiro atoms. The van der Waals surface area contributed by atoms with Gasteiger partial charge in [-0.2, -0.15) is 0 Å². The van der Waals surface area contributed by atoms with Gasteiger partial charge in [-0.05, 0) is 71.8 Å². The van der Waals surface area contributed by atoms with Crippen molar-refractivity contribution in [2.75, 3.05) is 5.32 Å². The lowest BCUT2D eigenvalue weighted by Crippen LogP contribution is -2.00. The van der Waals surface area contributed by atoms with Gasteiger partial charge in [0.05, 0.1) is 0 Å². The van der Waals surface area contributed by atoms with Crippen LogP contribution in [-0.4, -0.2) is 4.57 Å². The Kier molecular flexibility index (Phi) is 4.10. The standard InChI is InChI=1S/C14H17IN2/c1-3-17-7-6-12(10-17)9-16-14-5-4-13(15)8-11(14)2/h4-8,10,16H,3,9H2,1-2H3. The van der Waals surface area contributed by atoms with Crippen LogP contribution < -0.4 is 5.32 Å². The van der Waals surface area contributed by atoms with Crippen molar-refractivity contribution in [3.05, 3.63) is 51.4 Å². The van der Waals surface area contributed by atoms with Crippen LogP contribution in [0, 0.1) is 10.5 Å². The first kappa shape index (κ1) is 12.5. The molecule has 0 amide bonds. The molecule has 17 heavy (non-hydrogen) atoms. The van der Waals surface area contributed by atoms with Crippen LogP contribution in [0.25, 0.3) is 0 Å². The van der Waals surface area contributed by atoms with Crippen LogP contribution in [0.3, 0.4) is 0 Å².